The maximum absolute atomic E-state index is 13.0. The first-order valence-electron chi connectivity index (χ1n) is 7.47. The molecule has 5 nitrogen and oxygen atoms in total. The Bertz CT molecular complexity index is 697. The summed E-state index contributed by atoms with van der Waals surface area (Å²) in [6, 6.07) is 10.9. The van der Waals surface area contributed by atoms with Crippen LogP contribution in [0.1, 0.15) is 18.4 Å². The lowest BCUT2D eigenvalue weighted by molar-refractivity contribution is -0.125. The molecule has 0 bridgehead atoms. The SMILES string of the molecule is Nc1ccc(NC(=O)C2(c3ccccc3Cl)CCOCC2)cn1. The van der Waals surface area contributed by atoms with Crippen molar-refractivity contribution in [3.63, 3.8) is 0 Å². The molecule has 0 aliphatic carbocycles. The van der Waals surface area contributed by atoms with Crippen LogP contribution in [0.15, 0.2) is 42.6 Å². The zero-order valence-electron chi connectivity index (χ0n) is 12.6. The van der Waals surface area contributed by atoms with Gasteiger partial charge in [0.2, 0.25) is 5.91 Å². The summed E-state index contributed by atoms with van der Waals surface area (Å²) in [4.78, 5) is 17.0. The quantitative estimate of drug-likeness (QED) is 0.906. The first-order valence-corrected chi connectivity index (χ1v) is 7.85. The number of nitrogen functional groups attached to an aromatic ring is 1. The highest BCUT2D eigenvalue weighted by Gasteiger charge is 2.43. The number of halogens is 1. The van der Waals surface area contributed by atoms with Gasteiger partial charge in [0.1, 0.15) is 5.82 Å². The molecule has 0 saturated carbocycles. The number of nitrogens with two attached hydrogens (primary N) is 1. The molecule has 0 spiro atoms. The lowest BCUT2D eigenvalue weighted by atomic mass is 9.73. The van der Waals surface area contributed by atoms with Crippen LogP contribution in [0.2, 0.25) is 5.02 Å². The van der Waals surface area contributed by atoms with Crippen LogP contribution >= 0.6 is 11.6 Å². The summed E-state index contributed by atoms with van der Waals surface area (Å²) >= 11 is 6.37. The van der Waals surface area contributed by atoms with E-state index in [9.17, 15) is 4.79 Å². The first kappa shape index (κ1) is 15.8. The first-order chi connectivity index (χ1) is 11.1. The van der Waals surface area contributed by atoms with E-state index in [-0.39, 0.29) is 5.91 Å². The minimum absolute atomic E-state index is 0.0968. The van der Waals surface area contributed by atoms with Gasteiger partial charge >= 0.3 is 0 Å². The van der Waals surface area contributed by atoms with Crippen molar-refractivity contribution in [2.24, 2.45) is 0 Å². The van der Waals surface area contributed by atoms with Gasteiger partial charge in [-0.25, -0.2) is 4.98 Å². The molecular formula is C17H18ClN3O2. The summed E-state index contributed by atoms with van der Waals surface area (Å²) in [7, 11) is 0. The molecule has 120 valence electrons. The minimum atomic E-state index is -0.696. The number of carbonyl (C=O) groups is 1. The molecular weight excluding hydrogens is 314 g/mol. The van der Waals surface area contributed by atoms with Crippen molar-refractivity contribution < 1.29 is 9.53 Å². The number of ether oxygens (including phenoxy) is 1. The van der Waals surface area contributed by atoms with Crippen LogP contribution in [-0.4, -0.2) is 24.1 Å². The summed E-state index contributed by atoms with van der Waals surface area (Å²) in [6.07, 6.45) is 2.72. The van der Waals surface area contributed by atoms with Gasteiger partial charge in [0.15, 0.2) is 0 Å². The summed E-state index contributed by atoms with van der Waals surface area (Å²) in [5, 5.41) is 3.53. The highest BCUT2D eigenvalue weighted by atomic mass is 35.5. The molecule has 1 aromatic heterocycles. The third-order valence-corrected chi connectivity index (χ3v) is 4.54. The molecule has 1 aliphatic rings. The smallest absolute Gasteiger partial charge is 0.235 e. The molecule has 0 radical (unpaired) electrons. The van der Waals surface area contributed by atoms with E-state index in [1.807, 2.05) is 24.3 Å². The van der Waals surface area contributed by atoms with Crippen LogP contribution in [0, 0.1) is 0 Å². The monoisotopic (exact) mass is 331 g/mol. The summed E-state index contributed by atoms with van der Waals surface area (Å²) < 4.78 is 5.45. The van der Waals surface area contributed by atoms with Crippen molar-refractivity contribution in [1.82, 2.24) is 4.98 Å². The van der Waals surface area contributed by atoms with E-state index in [0.717, 1.165) is 5.56 Å². The highest BCUT2D eigenvalue weighted by Crippen LogP contribution is 2.39. The van der Waals surface area contributed by atoms with Gasteiger partial charge in [0.25, 0.3) is 0 Å². The van der Waals surface area contributed by atoms with Crippen LogP contribution in [0.4, 0.5) is 11.5 Å². The van der Waals surface area contributed by atoms with Crippen molar-refractivity contribution >= 4 is 29.0 Å². The van der Waals surface area contributed by atoms with Crippen LogP contribution in [-0.2, 0) is 14.9 Å². The Labute approximate surface area is 139 Å². The van der Waals surface area contributed by atoms with Gasteiger partial charge in [-0.2, -0.15) is 0 Å². The molecule has 1 aromatic carbocycles. The average Bonchev–Trinajstić information content (AvgIpc) is 2.58. The van der Waals surface area contributed by atoms with Gasteiger partial charge in [-0.3, -0.25) is 4.79 Å². The van der Waals surface area contributed by atoms with E-state index in [2.05, 4.69) is 10.3 Å². The number of pyridine rings is 1. The Hall–Kier alpha value is -2.11. The number of hydrogen-bond donors (Lipinski definition) is 2. The molecule has 1 fully saturated rings. The molecule has 3 rings (SSSR count). The lowest BCUT2D eigenvalue weighted by Gasteiger charge is -2.36. The van der Waals surface area contributed by atoms with Crippen LogP contribution in [0.25, 0.3) is 0 Å². The molecule has 0 atom stereocenters. The minimum Gasteiger partial charge on any atom is -0.384 e. The van der Waals surface area contributed by atoms with Gasteiger partial charge < -0.3 is 15.8 Å². The number of aromatic nitrogens is 1. The number of nitrogens with zero attached hydrogens (tertiary/aromatic N) is 1. The fourth-order valence-electron chi connectivity index (χ4n) is 2.92. The van der Waals surface area contributed by atoms with E-state index >= 15 is 0 Å². The van der Waals surface area contributed by atoms with Gasteiger partial charge in [-0.05, 0) is 36.6 Å². The number of carbonyl (C=O) groups excluding carboxylic acids is 1. The fraction of sp³-hybridized carbons (Fsp3) is 0.294. The number of anilines is 2. The Kier molecular flexibility index (Phi) is 4.50. The van der Waals surface area contributed by atoms with Gasteiger partial charge in [-0.1, -0.05) is 29.8 Å². The molecule has 1 saturated heterocycles. The second-order valence-corrected chi connectivity index (χ2v) is 6.01. The number of amides is 1. The topological polar surface area (TPSA) is 77.2 Å². The van der Waals surface area contributed by atoms with E-state index in [4.69, 9.17) is 22.1 Å². The molecule has 1 aliphatic heterocycles. The zero-order valence-corrected chi connectivity index (χ0v) is 13.3. The second-order valence-electron chi connectivity index (χ2n) is 5.60. The Morgan fingerprint density at radius 1 is 1.22 bits per heavy atom. The molecule has 23 heavy (non-hydrogen) atoms. The third kappa shape index (κ3) is 3.16. The van der Waals surface area contributed by atoms with Gasteiger partial charge in [0, 0.05) is 18.2 Å². The maximum Gasteiger partial charge on any atom is 0.235 e. The highest BCUT2D eigenvalue weighted by molar-refractivity contribution is 6.31. The predicted octanol–water partition coefficient (Wildman–Crippen LogP) is 3.00. The lowest BCUT2D eigenvalue weighted by Crippen LogP contribution is -2.45. The van der Waals surface area contributed by atoms with Gasteiger partial charge in [0.05, 0.1) is 17.3 Å². The van der Waals surface area contributed by atoms with E-state index < -0.39 is 5.41 Å². The average molecular weight is 332 g/mol. The molecule has 3 N–H and O–H groups in total. The number of nitrogens with one attached hydrogen (secondary N) is 1. The summed E-state index contributed by atoms with van der Waals surface area (Å²) in [5.41, 5.74) is 6.33. The molecule has 2 aromatic rings. The summed E-state index contributed by atoms with van der Waals surface area (Å²) in [6.45, 7) is 1.05. The Morgan fingerprint density at radius 2 is 1.96 bits per heavy atom. The van der Waals surface area contributed by atoms with E-state index in [1.165, 1.54) is 0 Å². The zero-order chi connectivity index (χ0) is 16.3. The predicted molar refractivity (Wildman–Crippen MR) is 90.5 cm³/mol. The van der Waals surface area contributed by atoms with Crippen molar-refractivity contribution in [3.05, 3.63) is 53.2 Å². The van der Waals surface area contributed by atoms with E-state index in [0.29, 0.717) is 42.6 Å². The van der Waals surface area contributed by atoms with Crippen LogP contribution in [0.5, 0.6) is 0 Å². The Morgan fingerprint density at radius 3 is 2.61 bits per heavy atom. The standard InChI is InChI=1S/C17H18ClN3O2/c18-14-4-2-1-3-13(14)17(7-9-23-10-8-17)16(22)21-12-5-6-15(19)20-11-12/h1-6,11H,7-10H2,(H2,19,20)(H,21,22). The maximum atomic E-state index is 13.0. The van der Waals surface area contributed by atoms with Crippen LogP contribution < -0.4 is 11.1 Å². The summed E-state index contributed by atoms with van der Waals surface area (Å²) in [5.74, 6) is 0.315. The van der Waals surface area contributed by atoms with Crippen molar-refractivity contribution in [3.8, 4) is 0 Å². The number of benzene rings is 1. The number of rotatable bonds is 3. The number of hydrogen-bond acceptors (Lipinski definition) is 4. The third-order valence-electron chi connectivity index (χ3n) is 4.21. The van der Waals surface area contributed by atoms with Gasteiger partial charge in [-0.15, -0.1) is 0 Å². The van der Waals surface area contributed by atoms with Crippen LogP contribution in [0.3, 0.4) is 0 Å². The van der Waals surface area contributed by atoms with Crippen molar-refractivity contribution in [2.75, 3.05) is 24.3 Å². The molecule has 0 unspecified atom stereocenters. The second kappa shape index (κ2) is 6.56. The molecule has 2 heterocycles. The molecule has 1 amide bonds. The van der Waals surface area contributed by atoms with Crippen molar-refractivity contribution in [2.45, 2.75) is 18.3 Å². The fourth-order valence-corrected chi connectivity index (χ4v) is 3.23. The molecule has 6 heteroatoms. The largest absolute Gasteiger partial charge is 0.384 e. The van der Waals surface area contributed by atoms with Crippen molar-refractivity contribution in [1.29, 1.82) is 0 Å². The van der Waals surface area contributed by atoms with E-state index in [1.54, 1.807) is 18.3 Å². The Balaban J connectivity index is 1.94. The normalized spacial score (nSPS) is 16.7.